The van der Waals surface area contributed by atoms with Gasteiger partial charge in [0.25, 0.3) is 0 Å². The van der Waals surface area contributed by atoms with Gasteiger partial charge in [-0.15, -0.1) is 0 Å². The number of piperazine rings is 2. The minimum absolute atomic E-state index is 0.346. The first-order valence-corrected chi connectivity index (χ1v) is 11.9. The van der Waals surface area contributed by atoms with Crippen molar-refractivity contribution in [1.82, 2.24) is 25.5 Å². The third-order valence-electron chi connectivity index (χ3n) is 6.44. The maximum absolute atomic E-state index is 5.01. The summed E-state index contributed by atoms with van der Waals surface area (Å²) in [5, 5.41) is 6.86. The van der Waals surface area contributed by atoms with Gasteiger partial charge in [0.2, 0.25) is 0 Å². The standard InChI is InChI=1S/C25H38N6/c1-19(2)25-16-23(31-12-8-27-9-13-31)15-22(29-25)14-20(3)24-5-4-21(17-28-24)18-30-10-6-26-7-11-30/h4-5,15-17,19-20,26-27H,6-14,18H2,1-3H3. The van der Waals surface area contributed by atoms with Crippen LogP contribution in [0, 0.1) is 0 Å². The highest BCUT2D eigenvalue weighted by Gasteiger charge is 2.17. The third kappa shape index (κ3) is 6.03. The third-order valence-corrected chi connectivity index (χ3v) is 6.44. The number of nitrogens with one attached hydrogen (secondary N) is 2. The molecule has 2 saturated heterocycles. The number of pyridine rings is 2. The van der Waals surface area contributed by atoms with Crippen molar-refractivity contribution >= 4 is 5.69 Å². The van der Waals surface area contributed by atoms with Gasteiger partial charge in [-0.25, -0.2) is 0 Å². The number of anilines is 1. The molecule has 0 spiro atoms. The molecule has 0 aliphatic carbocycles. The topological polar surface area (TPSA) is 56.3 Å². The van der Waals surface area contributed by atoms with Crippen LogP contribution in [-0.2, 0) is 13.0 Å². The largest absolute Gasteiger partial charge is 0.369 e. The summed E-state index contributed by atoms with van der Waals surface area (Å²) in [5.41, 5.74) is 6.15. The summed E-state index contributed by atoms with van der Waals surface area (Å²) in [5.74, 6) is 0.776. The fraction of sp³-hybridized carbons (Fsp3) is 0.600. The number of nitrogens with zero attached hydrogens (tertiary/aromatic N) is 4. The minimum atomic E-state index is 0.346. The summed E-state index contributed by atoms with van der Waals surface area (Å²) in [6, 6.07) is 9.05. The number of hydrogen-bond donors (Lipinski definition) is 2. The lowest BCUT2D eigenvalue weighted by Gasteiger charge is -2.30. The lowest BCUT2D eigenvalue weighted by Crippen LogP contribution is -2.43. The second-order valence-corrected chi connectivity index (χ2v) is 9.36. The molecule has 0 radical (unpaired) electrons. The van der Waals surface area contributed by atoms with E-state index in [4.69, 9.17) is 9.97 Å². The Labute approximate surface area is 187 Å². The van der Waals surface area contributed by atoms with Gasteiger partial charge in [-0.1, -0.05) is 26.8 Å². The van der Waals surface area contributed by atoms with Crippen molar-refractivity contribution < 1.29 is 0 Å². The molecule has 1 unspecified atom stereocenters. The molecule has 168 valence electrons. The minimum Gasteiger partial charge on any atom is -0.369 e. The average molecular weight is 423 g/mol. The van der Waals surface area contributed by atoms with Crippen molar-refractivity contribution in [2.75, 3.05) is 57.3 Å². The van der Waals surface area contributed by atoms with Gasteiger partial charge >= 0.3 is 0 Å². The molecule has 2 N–H and O–H groups in total. The SMILES string of the molecule is CC(C)c1cc(N2CCNCC2)cc(CC(C)c2ccc(CN3CCNCC3)cn2)n1. The Morgan fingerprint density at radius 1 is 0.903 bits per heavy atom. The molecule has 2 aromatic heterocycles. The monoisotopic (exact) mass is 422 g/mol. The Bertz CT molecular complexity index is 822. The van der Waals surface area contributed by atoms with Crippen LogP contribution in [0.15, 0.2) is 30.5 Å². The summed E-state index contributed by atoms with van der Waals surface area (Å²) in [6.07, 6.45) is 2.99. The van der Waals surface area contributed by atoms with Crippen LogP contribution in [0.1, 0.15) is 55.3 Å². The van der Waals surface area contributed by atoms with Crippen molar-refractivity contribution in [3.63, 3.8) is 0 Å². The van der Waals surface area contributed by atoms with Crippen molar-refractivity contribution in [3.8, 4) is 0 Å². The predicted octanol–water partition coefficient (Wildman–Crippen LogP) is 2.76. The van der Waals surface area contributed by atoms with E-state index in [1.165, 1.54) is 22.6 Å². The molecule has 0 amide bonds. The highest BCUT2D eigenvalue weighted by molar-refractivity contribution is 5.49. The molecule has 31 heavy (non-hydrogen) atoms. The second-order valence-electron chi connectivity index (χ2n) is 9.36. The Kier molecular flexibility index (Phi) is 7.54. The number of aromatic nitrogens is 2. The lowest BCUT2D eigenvalue weighted by molar-refractivity contribution is 0.233. The van der Waals surface area contributed by atoms with Gasteiger partial charge in [0, 0.05) is 93.8 Å². The lowest BCUT2D eigenvalue weighted by atomic mass is 9.98. The quantitative estimate of drug-likeness (QED) is 0.716. The molecule has 0 saturated carbocycles. The highest BCUT2D eigenvalue weighted by Crippen LogP contribution is 2.25. The van der Waals surface area contributed by atoms with Crippen molar-refractivity contribution in [2.24, 2.45) is 0 Å². The van der Waals surface area contributed by atoms with Crippen LogP contribution >= 0.6 is 0 Å². The maximum Gasteiger partial charge on any atom is 0.0452 e. The first-order valence-electron chi connectivity index (χ1n) is 11.9. The van der Waals surface area contributed by atoms with Gasteiger partial charge in [-0.2, -0.15) is 0 Å². The summed E-state index contributed by atoms with van der Waals surface area (Å²) in [4.78, 5) is 14.8. The zero-order chi connectivity index (χ0) is 21.6. The Hall–Kier alpha value is -2.02. The van der Waals surface area contributed by atoms with Crippen LogP contribution in [0.25, 0.3) is 0 Å². The first-order chi connectivity index (χ1) is 15.1. The fourth-order valence-electron chi connectivity index (χ4n) is 4.47. The van der Waals surface area contributed by atoms with Gasteiger partial charge in [0.1, 0.15) is 0 Å². The van der Waals surface area contributed by atoms with E-state index in [1.54, 1.807) is 0 Å². The van der Waals surface area contributed by atoms with Gasteiger partial charge in [0.15, 0.2) is 0 Å². The fourth-order valence-corrected chi connectivity index (χ4v) is 4.47. The van der Waals surface area contributed by atoms with Gasteiger partial charge in [-0.05, 0) is 36.1 Å². The van der Waals surface area contributed by atoms with Gasteiger partial charge < -0.3 is 15.5 Å². The summed E-state index contributed by atoms with van der Waals surface area (Å²) in [6.45, 7) is 16.4. The van der Waals surface area contributed by atoms with Crippen LogP contribution in [0.3, 0.4) is 0 Å². The molecule has 4 heterocycles. The van der Waals surface area contributed by atoms with Crippen LogP contribution in [0.2, 0.25) is 0 Å². The van der Waals surface area contributed by atoms with Gasteiger partial charge in [-0.3, -0.25) is 14.9 Å². The number of rotatable bonds is 7. The van der Waals surface area contributed by atoms with E-state index < -0.39 is 0 Å². The molecule has 1 atom stereocenters. The Balaban J connectivity index is 1.44. The van der Waals surface area contributed by atoms with E-state index in [2.05, 4.69) is 71.7 Å². The maximum atomic E-state index is 5.01. The molecule has 0 aromatic carbocycles. The molecule has 2 aliphatic rings. The smallest absolute Gasteiger partial charge is 0.0452 e. The van der Waals surface area contributed by atoms with E-state index in [0.29, 0.717) is 11.8 Å². The molecule has 6 heteroatoms. The molecular formula is C25H38N6. The summed E-state index contributed by atoms with van der Waals surface area (Å²) >= 11 is 0. The predicted molar refractivity (Wildman–Crippen MR) is 128 cm³/mol. The zero-order valence-corrected chi connectivity index (χ0v) is 19.4. The molecular weight excluding hydrogens is 384 g/mol. The van der Waals surface area contributed by atoms with Crippen molar-refractivity contribution in [1.29, 1.82) is 0 Å². The van der Waals surface area contributed by atoms with E-state index in [0.717, 1.165) is 71.0 Å². The van der Waals surface area contributed by atoms with E-state index in [1.807, 2.05) is 0 Å². The molecule has 2 aromatic rings. The summed E-state index contributed by atoms with van der Waals surface area (Å²) < 4.78 is 0. The van der Waals surface area contributed by atoms with Crippen LogP contribution < -0.4 is 15.5 Å². The first kappa shape index (κ1) is 22.2. The highest BCUT2D eigenvalue weighted by atomic mass is 15.2. The van der Waals surface area contributed by atoms with Crippen LogP contribution in [-0.4, -0.2) is 67.2 Å². The van der Waals surface area contributed by atoms with E-state index in [-0.39, 0.29) is 0 Å². The molecule has 4 rings (SSSR count). The molecule has 2 aliphatic heterocycles. The van der Waals surface area contributed by atoms with E-state index in [9.17, 15) is 0 Å². The van der Waals surface area contributed by atoms with Crippen molar-refractivity contribution in [2.45, 2.75) is 45.6 Å². The Morgan fingerprint density at radius 2 is 1.61 bits per heavy atom. The van der Waals surface area contributed by atoms with Gasteiger partial charge in [0.05, 0.1) is 0 Å². The zero-order valence-electron chi connectivity index (χ0n) is 19.4. The van der Waals surface area contributed by atoms with Crippen LogP contribution in [0.4, 0.5) is 5.69 Å². The molecule has 6 nitrogen and oxygen atoms in total. The Morgan fingerprint density at radius 3 is 2.26 bits per heavy atom. The molecule has 2 fully saturated rings. The average Bonchev–Trinajstić information content (AvgIpc) is 2.80. The number of hydrogen-bond acceptors (Lipinski definition) is 6. The molecule has 0 bridgehead atoms. The van der Waals surface area contributed by atoms with E-state index >= 15 is 0 Å². The second kappa shape index (κ2) is 10.5. The summed E-state index contributed by atoms with van der Waals surface area (Å²) in [7, 11) is 0. The normalized spacial score (nSPS) is 19.0. The van der Waals surface area contributed by atoms with Crippen LogP contribution in [0.5, 0.6) is 0 Å². The van der Waals surface area contributed by atoms with Crippen molar-refractivity contribution in [3.05, 3.63) is 53.1 Å².